The first-order chi connectivity index (χ1) is 26.6. The molecule has 2 aliphatic heterocycles. The largest absolute Gasteiger partial charge is 0.465 e. The van der Waals surface area contributed by atoms with E-state index in [1.807, 2.05) is 50.5 Å². The fourth-order valence-corrected chi connectivity index (χ4v) is 16.6. The second kappa shape index (κ2) is 17.4. The number of esters is 3. The number of carbonyl (C=O) groups is 3. The maximum Gasteiger partial charge on any atom is 0.322 e. The predicted molar refractivity (Wildman–Crippen MR) is 236 cm³/mol. The Balaban J connectivity index is 1.26. The van der Waals surface area contributed by atoms with Gasteiger partial charge in [0.05, 0.1) is 36.7 Å². The zero-order valence-electron chi connectivity index (χ0n) is 35.6. The second-order valence-electron chi connectivity index (χ2n) is 17.9. The summed E-state index contributed by atoms with van der Waals surface area (Å²) in [6, 6.07) is 18.6. The summed E-state index contributed by atoms with van der Waals surface area (Å²) < 4.78 is 29.4. The van der Waals surface area contributed by atoms with Crippen LogP contribution in [0.4, 0.5) is 11.4 Å². The van der Waals surface area contributed by atoms with Gasteiger partial charge in [-0.05, 0) is 120 Å². The van der Waals surface area contributed by atoms with E-state index >= 15 is 0 Å². The van der Waals surface area contributed by atoms with Crippen LogP contribution >= 0.6 is 15.9 Å². The molecule has 0 N–H and O–H groups in total. The van der Waals surface area contributed by atoms with Gasteiger partial charge in [-0.2, -0.15) is 0 Å². The van der Waals surface area contributed by atoms with Gasteiger partial charge in [-0.1, -0.05) is 66.5 Å². The smallest absolute Gasteiger partial charge is 0.322 e. The molecule has 1 spiro atoms. The molecule has 13 heteroatoms. The first-order valence-electron chi connectivity index (χ1n) is 20.2. The van der Waals surface area contributed by atoms with Crippen LogP contribution in [-0.2, 0) is 33.4 Å². The highest BCUT2D eigenvalue weighted by Crippen LogP contribution is 2.54. The highest BCUT2D eigenvalue weighted by atomic mass is 79.9. The average molecular weight is 882 g/mol. The number of fused-ring (bicyclic) bond motifs is 4. The number of nitrogens with zero attached hydrogens (tertiary/aromatic N) is 2. The normalized spacial score (nSPS) is 19.3. The van der Waals surface area contributed by atoms with E-state index in [2.05, 4.69) is 79.5 Å². The molecule has 3 aromatic carbocycles. The number of ether oxygens (including phenoxy) is 4. The van der Waals surface area contributed by atoms with Gasteiger partial charge in [0, 0.05) is 18.1 Å². The second-order valence-corrected chi connectivity index (χ2v) is 28.8. The number of alkyl halides is 1. The molecule has 57 heavy (non-hydrogen) atoms. The number of hydrogen-bond acceptors (Lipinski definition) is 10. The minimum Gasteiger partial charge on any atom is -0.465 e. The lowest BCUT2D eigenvalue weighted by Gasteiger charge is -2.45. The van der Waals surface area contributed by atoms with Crippen LogP contribution < -0.4 is 14.4 Å². The summed E-state index contributed by atoms with van der Waals surface area (Å²) in [6.07, 6.45) is 4.38. The molecule has 0 saturated carbocycles. The fourth-order valence-electron chi connectivity index (χ4n) is 8.09. The lowest BCUT2D eigenvalue weighted by atomic mass is 9.77. The first kappa shape index (κ1) is 44.6. The van der Waals surface area contributed by atoms with Crippen molar-refractivity contribution in [1.29, 1.82) is 0 Å². The summed E-state index contributed by atoms with van der Waals surface area (Å²) >= 11 is 3.57. The minimum atomic E-state index is -1.87. The van der Waals surface area contributed by atoms with Gasteiger partial charge >= 0.3 is 17.9 Å². The van der Waals surface area contributed by atoms with E-state index in [1.54, 1.807) is 26.0 Å². The van der Waals surface area contributed by atoms with E-state index in [1.165, 1.54) is 5.56 Å². The third kappa shape index (κ3) is 10.0. The van der Waals surface area contributed by atoms with Crippen LogP contribution in [0, 0.1) is 11.8 Å². The summed E-state index contributed by atoms with van der Waals surface area (Å²) in [7, 11) is -1.52. The molecule has 4 unspecified atom stereocenters. The van der Waals surface area contributed by atoms with Gasteiger partial charge in [0.15, 0.2) is 16.6 Å². The number of halogens is 1. The number of rotatable bonds is 17. The van der Waals surface area contributed by atoms with Crippen molar-refractivity contribution >= 4 is 78.8 Å². The van der Waals surface area contributed by atoms with Gasteiger partial charge in [0.1, 0.15) is 21.5 Å². The molecule has 0 aliphatic carbocycles. The zero-order chi connectivity index (χ0) is 42.0. The Bertz CT molecular complexity index is 1990. The standard InChI is InChI=1S/C44H61BrN2O8Si2/c1-12-13-23-51-40(49)32(28-43(5,45)41(50)52-24-16-25-57(10,11)55-56(7,8)9)26-30(2)39(48)53-33-21-19-31-20-22-37-38(34(31)27-33)46-29-44(54-37)42(3,4)35-17-14-15-18-36(35)47(44)6/h14-15,17-22,27,29-30,32H,12-13,16,23-26,28H2,1-11H3. The predicted octanol–water partition coefficient (Wildman–Crippen LogP) is 10.5. The van der Waals surface area contributed by atoms with E-state index in [0.29, 0.717) is 30.0 Å². The van der Waals surface area contributed by atoms with Crippen molar-refractivity contribution in [2.75, 3.05) is 25.2 Å². The average Bonchev–Trinajstić information content (AvgIpc) is 3.29. The SMILES string of the molecule is CCCCOC(=O)C(CC(C)C(=O)Oc1ccc2ccc3c(c2c1)N=CC1(O3)N(C)c2ccccc2C1(C)C)CC(C)(Br)C(=O)OCCC[Si](C)(C)O[Si](C)(C)C. The van der Waals surface area contributed by atoms with Crippen molar-refractivity contribution in [1.82, 2.24) is 0 Å². The third-order valence-corrected chi connectivity index (χ3v) is 17.9. The molecule has 0 saturated heterocycles. The first-order valence-corrected chi connectivity index (χ1v) is 27.5. The van der Waals surface area contributed by atoms with E-state index in [0.717, 1.165) is 28.9 Å². The van der Waals surface area contributed by atoms with Crippen molar-refractivity contribution in [3.05, 3.63) is 60.2 Å². The summed E-state index contributed by atoms with van der Waals surface area (Å²) in [5.41, 5.74) is 1.72. The number of hydrogen-bond donors (Lipinski definition) is 0. The van der Waals surface area contributed by atoms with Crippen LogP contribution in [0.25, 0.3) is 10.8 Å². The van der Waals surface area contributed by atoms with Gasteiger partial charge < -0.3 is 28.0 Å². The van der Waals surface area contributed by atoms with Crippen LogP contribution in [0.5, 0.6) is 11.5 Å². The molecule has 4 atom stereocenters. The monoisotopic (exact) mass is 880 g/mol. The molecular weight excluding hydrogens is 821 g/mol. The molecule has 3 aromatic rings. The fraction of sp³-hybridized carbons (Fsp3) is 0.545. The Morgan fingerprint density at radius 3 is 2.33 bits per heavy atom. The summed E-state index contributed by atoms with van der Waals surface area (Å²) in [4.78, 5) is 47.5. The quantitative estimate of drug-likeness (QED) is 0.0430. The van der Waals surface area contributed by atoms with Gasteiger partial charge in [-0.15, -0.1) is 0 Å². The number of aliphatic imine (C=N–C) groups is 1. The molecule has 0 amide bonds. The number of likely N-dealkylation sites (N-methyl/N-ethyl adjacent to an activating group) is 1. The van der Waals surface area contributed by atoms with Crippen LogP contribution in [-0.4, -0.2) is 71.1 Å². The number of benzene rings is 3. The summed E-state index contributed by atoms with van der Waals surface area (Å²) in [6.45, 7) is 21.3. The number of carbonyl (C=O) groups excluding carboxylic acids is 3. The van der Waals surface area contributed by atoms with Crippen molar-refractivity contribution < 1.29 is 37.4 Å². The molecule has 0 fully saturated rings. The van der Waals surface area contributed by atoms with Crippen molar-refractivity contribution in [2.45, 2.75) is 121 Å². The number of anilines is 1. The molecule has 10 nitrogen and oxygen atoms in total. The summed E-state index contributed by atoms with van der Waals surface area (Å²) in [5, 5.41) is 1.71. The molecule has 5 rings (SSSR count). The van der Waals surface area contributed by atoms with Gasteiger partial charge in [0.25, 0.3) is 0 Å². The molecule has 2 heterocycles. The Morgan fingerprint density at radius 2 is 1.65 bits per heavy atom. The number of para-hydroxylation sites is 1. The molecule has 310 valence electrons. The van der Waals surface area contributed by atoms with E-state index in [9.17, 15) is 14.4 Å². The highest BCUT2D eigenvalue weighted by Gasteiger charge is 2.58. The lowest BCUT2D eigenvalue weighted by molar-refractivity contribution is -0.152. The lowest BCUT2D eigenvalue weighted by Crippen LogP contribution is -2.61. The minimum absolute atomic E-state index is 0.0894. The maximum absolute atomic E-state index is 13.6. The van der Waals surface area contributed by atoms with Crippen LogP contribution in [0.2, 0.25) is 38.8 Å². The zero-order valence-corrected chi connectivity index (χ0v) is 39.2. The van der Waals surface area contributed by atoms with Crippen LogP contribution in [0.15, 0.2) is 59.6 Å². The molecular formula is C44H61BrN2O8Si2. The summed E-state index contributed by atoms with van der Waals surface area (Å²) in [5.74, 6) is -1.87. The van der Waals surface area contributed by atoms with E-state index < -0.39 is 61.8 Å². The Morgan fingerprint density at radius 1 is 0.965 bits per heavy atom. The number of unbranched alkanes of at least 4 members (excludes halogenated alkanes) is 1. The van der Waals surface area contributed by atoms with Crippen LogP contribution in [0.1, 0.15) is 72.3 Å². The third-order valence-electron chi connectivity index (χ3n) is 11.0. The highest BCUT2D eigenvalue weighted by molar-refractivity contribution is 9.10. The Kier molecular flexibility index (Phi) is 13.6. The van der Waals surface area contributed by atoms with Gasteiger partial charge in [-0.25, -0.2) is 0 Å². The van der Waals surface area contributed by atoms with Crippen LogP contribution in [0.3, 0.4) is 0 Å². The van der Waals surface area contributed by atoms with Crippen molar-refractivity contribution in [2.24, 2.45) is 16.8 Å². The van der Waals surface area contributed by atoms with Gasteiger partial charge in [-0.3, -0.25) is 19.4 Å². The maximum atomic E-state index is 13.6. The van der Waals surface area contributed by atoms with Crippen molar-refractivity contribution in [3.63, 3.8) is 0 Å². The van der Waals surface area contributed by atoms with E-state index in [4.69, 9.17) is 28.1 Å². The molecule has 0 aromatic heterocycles. The molecule has 2 aliphatic rings. The van der Waals surface area contributed by atoms with Crippen molar-refractivity contribution in [3.8, 4) is 11.5 Å². The van der Waals surface area contributed by atoms with E-state index in [-0.39, 0.29) is 26.1 Å². The topological polar surface area (TPSA) is 113 Å². The molecule has 0 bridgehead atoms. The Labute approximate surface area is 349 Å². The molecule has 0 radical (unpaired) electrons. The Hall–Kier alpha value is -3.53. The van der Waals surface area contributed by atoms with Gasteiger partial charge in [0.2, 0.25) is 5.72 Å².